The minimum absolute atomic E-state index is 0.251. The quantitative estimate of drug-likeness (QED) is 0.838. The predicted molar refractivity (Wildman–Crippen MR) is 84.3 cm³/mol. The number of sulfone groups is 1. The molecule has 2 aromatic rings. The van der Waals surface area contributed by atoms with Gasteiger partial charge in [0.05, 0.1) is 10.9 Å². The second-order valence-electron chi connectivity index (χ2n) is 5.26. The fourth-order valence-electron chi connectivity index (χ4n) is 2.03. The normalized spacial score (nSPS) is 12.7. The van der Waals surface area contributed by atoms with Crippen molar-refractivity contribution in [3.8, 4) is 0 Å². The van der Waals surface area contributed by atoms with Gasteiger partial charge in [0.1, 0.15) is 6.33 Å². The Labute approximate surface area is 134 Å². The van der Waals surface area contributed by atoms with Gasteiger partial charge in [-0.1, -0.05) is 12.1 Å². The van der Waals surface area contributed by atoms with E-state index in [1.54, 1.807) is 30.1 Å². The Bertz CT molecular complexity index is 783. The van der Waals surface area contributed by atoms with Crippen LogP contribution in [0.2, 0.25) is 0 Å². The number of rotatable bonds is 5. The Kier molecular flexibility index (Phi) is 4.99. The van der Waals surface area contributed by atoms with Gasteiger partial charge >= 0.3 is 6.03 Å². The topological polar surface area (TPSA) is 106 Å². The second kappa shape index (κ2) is 6.78. The molecule has 0 aliphatic carbocycles. The number of urea groups is 1. The molecule has 0 aliphatic heterocycles. The Morgan fingerprint density at radius 3 is 2.48 bits per heavy atom. The summed E-state index contributed by atoms with van der Waals surface area (Å²) in [6.07, 6.45) is 2.72. The minimum atomic E-state index is -3.21. The van der Waals surface area contributed by atoms with Gasteiger partial charge in [-0.3, -0.25) is 0 Å². The van der Waals surface area contributed by atoms with E-state index in [1.165, 1.54) is 12.1 Å². The van der Waals surface area contributed by atoms with Crippen molar-refractivity contribution in [2.24, 2.45) is 7.05 Å². The third-order valence-corrected chi connectivity index (χ3v) is 4.41. The molecule has 0 bridgehead atoms. The molecule has 2 N–H and O–H groups in total. The number of amides is 2. The molecular formula is C14H19N5O3S. The number of aryl methyl sites for hydroxylation is 1. The van der Waals surface area contributed by atoms with Crippen molar-refractivity contribution < 1.29 is 13.2 Å². The zero-order valence-corrected chi connectivity index (χ0v) is 14.0. The van der Waals surface area contributed by atoms with E-state index in [2.05, 4.69) is 20.8 Å². The first-order valence-electron chi connectivity index (χ1n) is 6.94. The molecule has 0 saturated heterocycles. The summed E-state index contributed by atoms with van der Waals surface area (Å²) in [4.78, 5) is 12.1. The average Bonchev–Trinajstić information content (AvgIpc) is 2.91. The molecule has 1 atom stereocenters. The molecule has 2 amide bonds. The van der Waals surface area contributed by atoms with Crippen LogP contribution in [0.15, 0.2) is 35.5 Å². The lowest BCUT2D eigenvalue weighted by molar-refractivity contribution is 0.237. The molecule has 2 rings (SSSR count). The van der Waals surface area contributed by atoms with E-state index in [1.807, 2.05) is 6.92 Å². The standard InChI is InChI=1S/C14H19N5O3S/c1-10(13-18-16-9-19(13)2)17-14(20)15-8-11-4-6-12(7-5-11)23(3,21)22/h4-7,9-10H,8H2,1-3H3,(H2,15,17,20)/t10-/m0/s1. The smallest absolute Gasteiger partial charge is 0.315 e. The molecule has 8 nitrogen and oxygen atoms in total. The highest BCUT2D eigenvalue weighted by Gasteiger charge is 2.14. The first-order chi connectivity index (χ1) is 10.8. The molecule has 0 saturated carbocycles. The summed E-state index contributed by atoms with van der Waals surface area (Å²) in [6.45, 7) is 2.10. The number of hydrogen-bond acceptors (Lipinski definition) is 5. The Balaban J connectivity index is 1.88. The lowest BCUT2D eigenvalue weighted by Crippen LogP contribution is -2.37. The van der Waals surface area contributed by atoms with Gasteiger partial charge in [0.2, 0.25) is 0 Å². The van der Waals surface area contributed by atoms with Crippen molar-refractivity contribution in [3.05, 3.63) is 42.0 Å². The maximum absolute atomic E-state index is 11.9. The van der Waals surface area contributed by atoms with Crippen molar-refractivity contribution in [2.75, 3.05) is 6.26 Å². The summed E-state index contributed by atoms with van der Waals surface area (Å²) in [5, 5.41) is 13.2. The van der Waals surface area contributed by atoms with Gasteiger partial charge in [0, 0.05) is 19.8 Å². The van der Waals surface area contributed by atoms with E-state index >= 15 is 0 Å². The van der Waals surface area contributed by atoms with Crippen LogP contribution in [0.4, 0.5) is 4.79 Å². The maximum atomic E-state index is 11.9. The van der Waals surface area contributed by atoms with Gasteiger partial charge in [-0.2, -0.15) is 0 Å². The van der Waals surface area contributed by atoms with Crippen molar-refractivity contribution in [1.82, 2.24) is 25.4 Å². The molecule has 9 heteroatoms. The maximum Gasteiger partial charge on any atom is 0.315 e. The van der Waals surface area contributed by atoms with Crippen LogP contribution >= 0.6 is 0 Å². The van der Waals surface area contributed by atoms with E-state index in [0.717, 1.165) is 11.8 Å². The van der Waals surface area contributed by atoms with E-state index < -0.39 is 9.84 Å². The van der Waals surface area contributed by atoms with Crippen molar-refractivity contribution >= 4 is 15.9 Å². The molecule has 124 valence electrons. The third kappa shape index (κ3) is 4.52. The number of benzene rings is 1. The van der Waals surface area contributed by atoms with Crippen LogP contribution in [0, 0.1) is 0 Å². The highest BCUT2D eigenvalue weighted by atomic mass is 32.2. The Morgan fingerprint density at radius 2 is 1.96 bits per heavy atom. The summed E-state index contributed by atoms with van der Waals surface area (Å²) in [5.74, 6) is 0.651. The van der Waals surface area contributed by atoms with Crippen molar-refractivity contribution in [2.45, 2.75) is 24.4 Å². The summed E-state index contributed by atoms with van der Waals surface area (Å²) < 4.78 is 24.5. The van der Waals surface area contributed by atoms with Gasteiger partial charge in [-0.25, -0.2) is 13.2 Å². The summed E-state index contributed by atoms with van der Waals surface area (Å²) >= 11 is 0. The van der Waals surface area contributed by atoms with Gasteiger partial charge in [0.25, 0.3) is 0 Å². The fraction of sp³-hybridized carbons (Fsp3) is 0.357. The van der Waals surface area contributed by atoms with Crippen LogP contribution in [0.25, 0.3) is 0 Å². The van der Waals surface area contributed by atoms with E-state index in [9.17, 15) is 13.2 Å². The van der Waals surface area contributed by atoms with Gasteiger partial charge in [-0.05, 0) is 24.6 Å². The lowest BCUT2D eigenvalue weighted by Gasteiger charge is -2.14. The van der Waals surface area contributed by atoms with E-state index in [-0.39, 0.29) is 17.0 Å². The lowest BCUT2D eigenvalue weighted by atomic mass is 10.2. The summed E-state index contributed by atoms with van der Waals surface area (Å²) in [7, 11) is -1.41. The zero-order valence-electron chi connectivity index (χ0n) is 13.1. The number of aromatic nitrogens is 3. The molecule has 1 heterocycles. The minimum Gasteiger partial charge on any atom is -0.334 e. The Morgan fingerprint density at radius 1 is 1.30 bits per heavy atom. The van der Waals surface area contributed by atoms with Crippen LogP contribution in [-0.4, -0.2) is 35.5 Å². The molecule has 0 spiro atoms. The molecule has 1 aromatic carbocycles. The molecule has 0 fully saturated rings. The van der Waals surface area contributed by atoms with Crippen LogP contribution in [-0.2, 0) is 23.4 Å². The molecule has 0 radical (unpaired) electrons. The largest absolute Gasteiger partial charge is 0.334 e. The van der Waals surface area contributed by atoms with Crippen molar-refractivity contribution in [1.29, 1.82) is 0 Å². The molecule has 0 unspecified atom stereocenters. The van der Waals surface area contributed by atoms with E-state index in [4.69, 9.17) is 0 Å². The van der Waals surface area contributed by atoms with Gasteiger partial charge < -0.3 is 15.2 Å². The molecular weight excluding hydrogens is 318 g/mol. The fourth-order valence-corrected chi connectivity index (χ4v) is 2.66. The number of hydrogen-bond donors (Lipinski definition) is 2. The number of carbonyl (C=O) groups is 1. The van der Waals surface area contributed by atoms with Gasteiger partial charge in [-0.15, -0.1) is 10.2 Å². The molecule has 1 aromatic heterocycles. The monoisotopic (exact) mass is 337 g/mol. The van der Waals surface area contributed by atoms with Crippen LogP contribution in [0.1, 0.15) is 24.4 Å². The van der Waals surface area contributed by atoms with E-state index in [0.29, 0.717) is 12.4 Å². The third-order valence-electron chi connectivity index (χ3n) is 3.29. The first-order valence-corrected chi connectivity index (χ1v) is 8.84. The average molecular weight is 337 g/mol. The zero-order chi connectivity index (χ0) is 17.0. The Hall–Kier alpha value is -2.42. The predicted octanol–water partition coefficient (Wildman–Crippen LogP) is 0.779. The number of nitrogens with one attached hydrogen (secondary N) is 2. The van der Waals surface area contributed by atoms with Crippen LogP contribution in [0.3, 0.4) is 0 Å². The molecule has 23 heavy (non-hydrogen) atoms. The van der Waals surface area contributed by atoms with Crippen LogP contribution in [0.5, 0.6) is 0 Å². The summed E-state index contributed by atoms with van der Waals surface area (Å²) in [5.41, 5.74) is 0.805. The van der Waals surface area contributed by atoms with Crippen molar-refractivity contribution in [3.63, 3.8) is 0 Å². The molecule has 0 aliphatic rings. The number of carbonyl (C=O) groups excluding carboxylic acids is 1. The highest BCUT2D eigenvalue weighted by molar-refractivity contribution is 7.90. The highest BCUT2D eigenvalue weighted by Crippen LogP contribution is 2.10. The van der Waals surface area contributed by atoms with Crippen LogP contribution < -0.4 is 10.6 Å². The second-order valence-corrected chi connectivity index (χ2v) is 7.28. The number of nitrogens with zero attached hydrogens (tertiary/aromatic N) is 3. The first kappa shape index (κ1) is 16.9. The SMILES string of the molecule is C[C@H](NC(=O)NCc1ccc(S(C)(=O)=O)cc1)c1nncn1C. The summed E-state index contributed by atoms with van der Waals surface area (Å²) in [6, 6.07) is 5.76. The van der Waals surface area contributed by atoms with Gasteiger partial charge in [0.15, 0.2) is 15.7 Å².